The molecule has 1 atom stereocenters. The molecule has 1 aromatic rings. The molecule has 1 unspecified atom stereocenters. The fourth-order valence-corrected chi connectivity index (χ4v) is 1.83. The van der Waals surface area contributed by atoms with Crippen LogP contribution in [-0.2, 0) is 0 Å². The minimum atomic E-state index is -0.995. The number of hydrogen-bond donors (Lipinski definition) is 2. The monoisotopic (exact) mass is 241 g/mol. The zero-order valence-corrected chi connectivity index (χ0v) is 9.63. The van der Waals surface area contributed by atoms with Gasteiger partial charge in [-0.1, -0.05) is 12.8 Å². The fourth-order valence-electron chi connectivity index (χ4n) is 1.83. The quantitative estimate of drug-likeness (QED) is 0.749. The Hall–Kier alpha value is -1.00. The average Bonchev–Trinajstić information content (AvgIpc) is 3.11. The maximum absolute atomic E-state index is 13.3. The van der Waals surface area contributed by atoms with Crippen molar-refractivity contribution in [3.63, 3.8) is 0 Å². The number of rotatable bonds is 6. The Morgan fingerprint density at radius 3 is 2.82 bits per heavy atom. The van der Waals surface area contributed by atoms with Gasteiger partial charge in [-0.3, -0.25) is 0 Å². The third kappa shape index (κ3) is 3.75. The normalized spacial score (nSPS) is 17.1. The smallest absolute Gasteiger partial charge is 0.129 e. The first-order valence-electron chi connectivity index (χ1n) is 6.00. The molecule has 1 aromatic carbocycles. The van der Waals surface area contributed by atoms with Gasteiger partial charge < -0.3 is 10.4 Å². The summed E-state index contributed by atoms with van der Waals surface area (Å²) >= 11 is 0. The van der Waals surface area contributed by atoms with Gasteiger partial charge in [0, 0.05) is 12.1 Å². The van der Waals surface area contributed by atoms with Crippen molar-refractivity contribution in [3.8, 4) is 0 Å². The van der Waals surface area contributed by atoms with Crippen molar-refractivity contribution in [2.24, 2.45) is 5.92 Å². The van der Waals surface area contributed by atoms with Crippen LogP contribution in [0, 0.1) is 17.6 Å². The Morgan fingerprint density at radius 2 is 2.12 bits per heavy atom. The van der Waals surface area contributed by atoms with Crippen molar-refractivity contribution in [2.75, 3.05) is 13.1 Å². The summed E-state index contributed by atoms with van der Waals surface area (Å²) in [6, 6.07) is 3.13. The molecule has 0 radical (unpaired) electrons. The molecule has 0 aromatic heterocycles. The van der Waals surface area contributed by atoms with Gasteiger partial charge in [0.25, 0.3) is 0 Å². The largest absolute Gasteiger partial charge is 0.387 e. The molecule has 0 saturated heterocycles. The van der Waals surface area contributed by atoms with Crippen LogP contribution in [0.1, 0.15) is 30.9 Å². The van der Waals surface area contributed by atoms with E-state index in [1.165, 1.54) is 12.8 Å². The molecule has 2 rings (SSSR count). The summed E-state index contributed by atoms with van der Waals surface area (Å²) in [7, 11) is 0. The van der Waals surface area contributed by atoms with Crippen molar-refractivity contribution in [1.29, 1.82) is 0 Å². The lowest BCUT2D eigenvalue weighted by atomic mass is 10.1. The first-order valence-corrected chi connectivity index (χ1v) is 6.00. The zero-order valence-electron chi connectivity index (χ0n) is 9.63. The Labute approximate surface area is 99.7 Å². The second kappa shape index (κ2) is 5.56. The third-order valence-electron chi connectivity index (χ3n) is 3.08. The maximum atomic E-state index is 13.3. The van der Waals surface area contributed by atoms with Gasteiger partial charge in [-0.2, -0.15) is 0 Å². The molecule has 0 spiro atoms. The standard InChI is InChI=1S/C13H17F2NO/c14-10-3-4-12(15)11(7-10)13(17)8-16-6-5-9-1-2-9/h3-4,7,9,13,16-17H,1-2,5-6,8H2. The highest BCUT2D eigenvalue weighted by Gasteiger charge is 2.20. The van der Waals surface area contributed by atoms with Gasteiger partial charge in [-0.05, 0) is 37.1 Å². The van der Waals surface area contributed by atoms with E-state index in [2.05, 4.69) is 5.32 Å². The van der Waals surface area contributed by atoms with Crippen LogP contribution in [0.15, 0.2) is 18.2 Å². The van der Waals surface area contributed by atoms with E-state index >= 15 is 0 Å². The topological polar surface area (TPSA) is 32.3 Å². The van der Waals surface area contributed by atoms with E-state index in [1.807, 2.05) is 0 Å². The predicted molar refractivity (Wildman–Crippen MR) is 61.5 cm³/mol. The van der Waals surface area contributed by atoms with Crippen LogP contribution in [0.3, 0.4) is 0 Å². The van der Waals surface area contributed by atoms with E-state index in [0.29, 0.717) is 0 Å². The molecule has 0 bridgehead atoms. The van der Waals surface area contributed by atoms with Gasteiger partial charge in [-0.25, -0.2) is 8.78 Å². The van der Waals surface area contributed by atoms with Crippen molar-refractivity contribution in [3.05, 3.63) is 35.4 Å². The number of halogens is 2. The lowest BCUT2D eigenvalue weighted by Gasteiger charge is -2.13. The molecule has 2 nitrogen and oxygen atoms in total. The fraction of sp³-hybridized carbons (Fsp3) is 0.538. The average molecular weight is 241 g/mol. The molecule has 1 saturated carbocycles. The molecule has 1 fully saturated rings. The minimum Gasteiger partial charge on any atom is -0.387 e. The summed E-state index contributed by atoms with van der Waals surface area (Å²) in [6.45, 7) is 1.08. The second-order valence-corrected chi connectivity index (χ2v) is 4.62. The first-order chi connectivity index (χ1) is 8.16. The number of nitrogens with one attached hydrogen (secondary N) is 1. The molecular formula is C13H17F2NO. The summed E-state index contributed by atoms with van der Waals surface area (Å²) in [4.78, 5) is 0. The van der Waals surface area contributed by atoms with Crippen molar-refractivity contribution in [1.82, 2.24) is 5.32 Å². The minimum absolute atomic E-state index is 0.0175. The van der Waals surface area contributed by atoms with Crippen LogP contribution in [0.4, 0.5) is 8.78 Å². The van der Waals surface area contributed by atoms with Crippen molar-refractivity contribution < 1.29 is 13.9 Å². The Balaban J connectivity index is 1.80. The SMILES string of the molecule is OC(CNCCC1CC1)c1cc(F)ccc1F. The number of aliphatic hydroxyl groups is 1. The molecule has 0 amide bonds. The van der Waals surface area contributed by atoms with Crippen LogP contribution < -0.4 is 5.32 Å². The van der Waals surface area contributed by atoms with Gasteiger partial charge in [0.15, 0.2) is 0 Å². The predicted octanol–water partition coefficient (Wildman–Crippen LogP) is 2.39. The van der Waals surface area contributed by atoms with Crippen LogP contribution in [0.5, 0.6) is 0 Å². The molecular weight excluding hydrogens is 224 g/mol. The summed E-state index contributed by atoms with van der Waals surface area (Å²) < 4.78 is 26.2. The Bertz CT molecular complexity index is 380. The zero-order chi connectivity index (χ0) is 12.3. The number of aliphatic hydroxyl groups excluding tert-OH is 1. The van der Waals surface area contributed by atoms with Gasteiger partial charge in [0.1, 0.15) is 11.6 Å². The van der Waals surface area contributed by atoms with E-state index in [0.717, 1.165) is 37.1 Å². The van der Waals surface area contributed by atoms with Crippen LogP contribution in [0.25, 0.3) is 0 Å². The van der Waals surface area contributed by atoms with Gasteiger partial charge in [0.2, 0.25) is 0 Å². The van der Waals surface area contributed by atoms with Crippen LogP contribution in [0.2, 0.25) is 0 Å². The van der Waals surface area contributed by atoms with Gasteiger partial charge in [0.05, 0.1) is 6.10 Å². The molecule has 17 heavy (non-hydrogen) atoms. The lowest BCUT2D eigenvalue weighted by molar-refractivity contribution is 0.169. The highest BCUT2D eigenvalue weighted by molar-refractivity contribution is 5.21. The van der Waals surface area contributed by atoms with E-state index in [4.69, 9.17) is 0 Å². The van der Waals surface area contributed by atoms with Gasteiger partial charge in [-0.15, -0.1) is 0 Å². The molecule has 1 aliphatic carbocycles. The Morgan fingerprint density at radius 1 is 1.35 bits per heavy atom. The first kappa shape index (κ1) is 12.5. The Kier molecular flexibility index (Phi) is 4.07. The summed E-state index contributed by atoms with van der Waals surface area (Å²) in [5, 5.41) is 12.8. The molecule has 0 heterocycles. The van der Waals surface area contributed by atoms with Crippen LogP contribution in [-0.4, -0.2) is 18.2 Å². The van der Waals surface area contributed by atoms with E-state index < -0.39 is 17.7 Å². The van der Waals surface area contributed by atoms with Crippen LogP contribution >= 0.6 is 0 Å². The number of benzene rings is 1. The molecule has 0 aliphatic heterocycles. The van der Waals surface area contributed by atoms with E-state index in [9.17, 15) is 13.9 Å². The summed E-state index contributed by atoms with van der Waals surface area (Å²) in [6.07, 6.45) is 2.69. The second-order valence-electron chi connectivity index (χ2n) is 4.62. The highest BCUT2D eigenvalue weighted by Crippen LogP contribution is 2.31. The molecule has 2 N–H and O–H groups in total. The highest BCUT2D eigenvalue weighted by atomic mass is 19.1. The van der Waals surface area contributed by atoms with Gasteiger partial charge >= 0.3 is 0 Å². The van der Waals surface area contributed by atoms with E-state index in [1.54, 1.807) is 0 Å². The number of hydrogen-bond acceptors (Lipinski definition) is 2. The summed E-state index contributed by atoms with van der Waals surface area (Å²) in [5.41, 5.74) is 0.0175. The lowest BCUT2D eigenvalue weighted by Crippen LogP contribution is -2.23. The van der Waals surface area contributed by atoms with Crippen molar-refractivity contribution in [2.45, 2.75) is 25.4 Å². The molecule has 1 aliphatic rings. The third-order valence-corrected chi connectivity index (χ3v) is 3.08. The molecule has 4 heteroatoms. The molecule has 94 valence electrons. The van der Waals surface area contributed by atoms with E-state index in [-0.39, 0.29) is 12.1 Å². The maximum Gasteiger partial charge on any atom is 0.129 e. The van der Waals surface area contributed by atoms with Crippen molar-refractivity contribution >= 4 is 0 Å². The summed E-state index contributed by atoms with van der Waals surface area (Å²) in [5.74, 6) is -0.271.